The normalized spacial score (nSPS) is 13.1. The van der Waals surface area contributed by atoms with Gasteiger partial charge in [-0.15, -0.1) is 0 Å². The second kappa shape index (κ2) is 23.2. The first-order valence-electron chi connectivity index (χ1n) is 12.9. The molecular formula is C25H44NNaO8S. The molecule has 0 radical (unpaired) electrons. The zero-order valence-corrected chi connectivity index (χ0v) is 25.2. The number of nitrogens with one attached hydrogen (secondary N) is 1. The molecule has 0 saturated heterocycles. The number of aliphatic carboxylic acids is 1. The minimum Gasteiger partial charge on any atom is -0.549 e. The van der Waals surface area contributed by atoms with Crippen molar-refractivity contribution in [3.05, 3.63) is 12.2 Å². The average Bonchev–Trinajstić information content (AvgIpc) is 2.77. The first-order valence-corrected chi connectivity index (χ1v) is 14.4. The van der Waals surface area contributed by atoms with Crippen LogP contribution in [0.1, 0.15) is 110 Å². The van der Waals surface area contributed by atoms with E-state index in [0.717, 1.165) is 38.5 Å². The first kappa shape index (κ1) is 37.2. The van der Waals surface area contributed by atoms with Gasteiger partial charge in [0.2, 0.25) is 5.91 Å². The Morgan fingerprint density at radius 3 is 1.92 bits per heavy atom. The SMILES string of the molecule is CCCCCCCC/C=C/CCCCCCCC(=O)NCC(C)OC(=O)CC(C(=O)[O-])S(=O)(=O)O.[Na+]. The summed E-state index contributed by atoms with van der Waals surface area (Å²) in [5.74, 6) is -3.41. The number of rotatable bonds is 22. The third-order valence-electron chi connectivity index (χ3n) is 5.56. The van der Waals surface area contributed by atoms with E-state index in [2.05, 4.69) is 24.4 Å². The Hall–Kier alpha value is -0.940. The maximum Gasteiger partial charge on any atom is 1.00 e. The molecule has 0 aromatic rings. The van der Waals surface area contributed by atoms with Crippen LogP contribution in [0.5, 0.6) is 0 Å². The molecule has 204 valence electrons. The molecule has 9 nitrogen and oxygen atoms in total. The molecule has 2 unspecified atom stereocenters. The molecule has 0 saturated carbocycles. The number of esters is 1. The molecule has 0 aliphatic rings. The predicted molar refractivity (Wildman–Crippen MR) is 133 cm³/mol. The number of carbonyl (C=O) groups excluding carboxylic acids is 3. The van der Waals surface area contributed by atoms with Crippen molar-refractivity contribution in [2.45, 2.75) is 122 Å². The summed E-state index contributed by atoms with van der Waals surface area (Å²) >= 11 is 0. The molecule has 0 bridgehead atoms. The van der Waals surface area contributed by atoms with E-state index in [1.807, 2.05) is 0 Å². The fourth-order valence-corrected chi connectivity index (χ4v) is 4.07. The smallest absolute Gasteiger partial charge is 0.549 e. The number of hydrogen-bond acceptors (Lipinski definition) is 7. The summed E-state index contributed by atoms with van der Waals surface area (Å²) in [7, 11) is -4.99. The molecule has 0 aliphatic carbocycles. The number of ether oxygens (including phenoxy) is 1. The number of hydrogen-bond donors (Lipinski definition) is 2. The van der Waals surface area contributed by atoms with Crippen LogP contribution in [0.2, 0.25) is 0 Å². The summed E-state index contributed by atoms with van der Waals surface area (Å²) in [6.45, 7) is 3.72. The van der Waals surface area contributed by atoms with Crippen molar-refractivity contribution in [1.82, 2.24) is 5.32 Å². The molecular weight excluding hydrogens is 497 g/mol. The van der Waals surface area contributed by atoms with Crippen LogP contribution in [-0.4, -0.2) is 48.7 Å². The van der Waals surface area contributed by atoms with E-state index in [1.54, 1.807) is 0 Å². The molecule has 2 N–H and O–H groups in total. The maximum atomic E-state index is 11.9. The van der Waals surface area contributed by atoms with Crippen molar-refractivity contribution in [3.8, 4) is 0 Å². The molecule has 0 aliphatic heterocycles. The van der Waals surface area contributed by atoms with Gasteiger partial charge in [-0.2, -0.15) is 8.42 Å². The molecule has 0 aromatic heterocycles. The van der Waals surface area contributed by atoms with Gasteiger partial charge in [0.05, 0.1) is 18.9 Å². The van der Waals surface area contributed by atoms with E-state index in [4.69, 9.17) is 9.29 Å². The van der Waals surface area contributed by atoms with Crippen molar-refractivity contribution < 1.29 is 66.8 Å². The van der Waals surface area contributed by atoms with Crippen molar-refractivity contribution >= 4 is 28.0 Å². The summed E-state index contributed by atoms with van der Waals surface area (Å²) in [6.07, 6.45) is 18.3. The van der Waals surface area contributed by atoms with Crippen LogP contribution in [0.4, 0.5) is 0 Å². The van der Waals surface area contributed by atoms with Gasteiger partial charge in [-0.1, -0.05) is 70.4 Å². The minimum absolute atomic E-state index is 0. The summed E-state index contributed by atoms with van der Waals surface area (Å²) in [4.78, 5) is 34.3. The van der Waals surface area contributed by atoms with E-state index in [1.165, 1.54) is 51.9 Å². The molecule has 2 atom stereocenters. The minimum atomic E-state index is -4.99. The van der Waals surface area contributed by atoms with Gasteiger partial charge in [-0.25, -0.2) is 0 Å². The molecule has 0 heterocycles. The van der Waals surface area contributed by atoms with Crippen LogP contribution in [-0.2, 0) is 29.2 Å². The van der Waals surface area contributed by atoms with Crippen molar-refractivity contribution in [3.63, 3.8) is 0 Å². The topological polar surface area (TPSA) is 150 Å². The van der Waals surface area contributed by atoms with Crippen LogP contribution in [0, 0.1) is 0 Å². The third-order valence-corrected chi connectivity index (χ3v) is 6.64. The Morgan fingerprint density at radius 1 is 0.917 bits per heavy atom. The van der Waals surface area contributed by atoms with E-state index in [9.17, 15) is 27.9 Å². The number of carbonyl (C=O) groups is 3. The standard InChI is InChI=1S/C25H45NO8S.Na/c1-3-4-5-6-7-8-9-10-11-12-13-14-15-16-17-18-23(27)26-20-21(2)34-24(28)19-22(25(29)30)35(31,32)33;/h10-11,21-22H,3-9,12-20H2,1-2H3,(H,26,27)(H,29,30)(H,31,32,33);/q;+1/p-1/b11-10+;. The fraction of sp³-hybridized carbons (Fsp3) is 0.800. The van der Waals surface area contributed by atoms with Crippen LogP contribution in [0.25, 0.3) is 0 Å². The molecule has 0 fully saturated rings. The van der Waals surface area contributed by atoms with Crippen molar-refractivity contribution in [1.29, 1.82) is 0 Å². The van der Waals surface area contributed by atoms with Gasteiger partial charge in [0, 0.05) is 6.42 Å². The summed E-state index contributed by atoms with van der Waals surface area (Å²) in [5.41, 5.74) is 0. The Labute approximate surface area is 239 Å². The molecule has 36 heavy (non-hydrogen) atoms. The van der Waals surface area contributed by atoms with Gasteiger partial charge in [0.25, 0.3) is 10.1 Å². The Kier molecular flexibility index (Phi) is 24.0. The van der Waals surface area contributed by atoms with Gasteiger partial charge < -0.3 is 20.0 Å². The van der Waals surface area contributed by atoms with Crippen LogP contribution >= 0.6 is 0 Å². The Morgan fingerprint density at radius 2 is 1.42 bits per heavy atom. The maximum absolute atomic E-state index is 11.9. The molecule has 0 spiro atoms. The van der Waals surface area contributed by atoms with Crippen LogP contribution in [0.15, 0.2) is 12.2 Å². The Balaban J connectivity index is 0. The Bertz CT molecular complexity index is 742. The second-order valence-electron chi connectivity index (χ2n) is 8.97. The number of carboxylic acids is 1. The molecule has 1 amide bonds. The van der Waals surface area contributed by atoms with Gasteiger partial charge in [0.1, 0.15) is 11.4 Å². The van der Waals surface area contributed by atoms with E-state index < -0.39 is 39.8 Å². The molecule has 0 aromatic carbocycles. The van der Waals surface area contributed by atoms with Gasteiger partial charge in [-0.05, 0) is 39.0 Å². The molecule has 0 rings (SSSR count). The number of allylic oxidation sites excluding steroid dienone is 2. The largest absolute Gasteiger partial charge is 1.00 e. The van der Waals surface area contributed by atoms with Gasteiger partial charge in [-0.3, -0.25) is 14.1 Å². The van der Waals surface area contributed by atoms with E-state index in [0.29, 0.717) is 6.42 Å². The first-order chi connectivity index (χ1) is 16.6. The van der Waals surface area contributed by atoms with Crippen molar-refractivity contribution in [2.75, 3.05) is 6.54 Å². The van der Waals surface area contributed by atoms with Crippen molar-refractivity contribution in [2.24, 2.45) is 0 Å². The second-order valence-corrected chi connectivity index (χ2v) is 10.6. The predicted octanol–water partition coefficient (Wildman–Crippen LogP) is 0.472. The number of amides is 1. The zero-order valence-electron chi connectivity index (χ0n) is 22.3. The number of unbranched alkanes of at least 4 members (excludes halogenated alkanes) is 11. The van der Waals surface area contributed by atoms with E-state index >= 15 is 0 Å². The zero-order chi connectivity index (χ0) is 26.5. The monoisotopic (exact) mass is 541 g/mol. The fourth-order valence-electron chi connectivity index (χ4n) is 3.48. The van der Waals surface area contributed by atoms with Gasteiger partial charge >= 0.3 is 35.5 Å². The molecule has 11 heteroatoms. The van der Waals surface area contributed by atoms with Crippen LogP contribution in [0.3, 0.4) is 0 Å². The quantitative estimate of drug-likeness (QED) is 0.0660. The summed E-state index contributed by atoms with van der Waals surface area (Å²) in [5, 5.41) is 11.0. The average molecular weight is 542 g/mol. The van der Waals surface area contributed by atoms with Gasteiger partial charge in [0.15, 0.2) is 0 Å². The van der Waals surface area contributed by atoms with Crippen LogP contribution < -0.4 is 40.0 Å². The van der Waals surface area contributed by atoms with E-state index in [-0.39, 0.29) is 42.0 Å². The summed E-state index contributed by atoms with van der Waals surface area (Å²) in [6, 6.07) is 0. The summed E-state index contributed by atoms with van der Waals surface area (Å²) < 4.78 is 35.6. The third kappa shape index (κ3) is 22.3. The number of carboxylic acid groups (broad SMARTS) is 1.